The van der Waals surface area contributed by atoms with Gasteiger partial charge in [-0.05, 0) is 58.1 Å². The molecule has 4 N–H and O–H groups in total. The first-order chi connectivity index (χ1) is 17.8. The fraction of sp³-hybridized carbons (Fsp3) is 0.643. The molecule has 9 heteroatoms. The number of likely N-dealkylation sites (tertiary alicyclic amines) is 1. The average Bonchev–Trinajstić information content (AvgIpc) is 3.42. The van der Waals surface area contributed by atoms with E-state index in [-0.39, 0.29) is 29.5 Å². The van der Waals surface area contributed by atoms with Gasteiger partial charge in [-0.1, -0.05) is 49.6 Å². The maximum Gasteiger partial charge on any atom is 0.246 e. The molecule has 3 rings (SSSR count). The van der Waals surface area contributed by atoms with E-state index in [2.05, 4.69) is 21.3 Å². The zero-order valence-corrected chi connectivity index (χ0v) is 22.4. The average molecular weight is 514 g/mol. The highest BCUT2D eigenvalue weighted by atomic mass is 16.2. The van der Waals surface area contributed by atoms with Crippen LogP contribution in [0.4, 0.5) is 0 Å². The third-order valence-corrected chi connectivity index (χ3v) is 7.62. The van der Waals surface area contributed by atoms with E-state index >= 15 is 0 Å². The normalized spacial score (nSPS) is 20.5. The maximum absolute atomic E-state index is 13.9. The molecule has 1 aliphatic heterocycles. The molecule has 1 saturated heterocycles. The van der Waals surface area contributed by atoms with E-state index in [0.29, 0.717) is 32.4 Å². The molecule has 204 valence electrons. The van der Waals surface area contributed by atoms with Crippen LogP contribution in [-0.4, -0.2) is 72.8 Å². The predicted octanol–water partition coefficient (Wildman–Crippen LogP) is 1.51. The number of benzene rings is 1. The molecule has 0 radical (unpaired) electrons. The molecule has 1 aromatic carbocycles. The van der Waals surface area contributed by atoms with Crippen molar-refractivity contribution in [1.29, 1.82) is 0 Å². The van der Waals surface area contributed by atoms with Gasteiger partial charge in [-0.25, -0.2) is 0 Å². The van der Waals surface area contributed by atoms with Crippen LogP contribution >= 0.6 is 0 Å². The van der Waals surface area contributed by atoms with Crippen molar-refractivity contribution in [2.45, 2.75) is 89.4 Å². The lowest BCUT2D eigenvalue weighted by atomic mass is 9.83. The highest BCUT2D eigenvalue weighted by Gasteiger charge is 2.41. The molecule has 1 aliphatic carbocycles. The second-order valence-corrected chi connectivity index (χ2v) is 10.2. The van der Waals surface area contributed by atoms with Crippen LogP contribution in [0.5, 0.6) is 0 Å². The minimum atomic E-state index is -0.738. The highest BCUT2D eigenvalue weighted by Crippen LogP contribution is 2.29. The van der Waals surface area contributed by atoms with E-state index in [4.69, 9.17) is 0 Å². The molecule has 4 amide bonds. The standard InChI is InChI=1S/C28H43N5O4/c1-4-30-26(35)22(18-20-12-7-5-8-13-20)31-27(36)23-16-11-17-33(23)28(37)24(21-14-9-6-10-15-21)32-25(34)19(2)29-3/h5,7-8,12-13,19,21-24,29H,4,6,9-11,14-18H2,1-3H3,(H,30,35)(H,31,36)(H,32,34)/t19-,22-,23-,24-/m0/s1. The Bertz CT molecular complexity index is 918. The van der Waals surface area contributed by atoms with Gasteiger partial charge >= 0.3 is 0 Å². The Labute approximate surface area is 220 Å². The SMILES string of the molecule is CCNC(=O)[C@H](Cc1ccccc1)NC(=O)[C@@H]1CCCN1C(=O)[C@@H](NC(=O)[C@H](C)NC)C1CCCCC1. The molecular formula is C28H43N5O4. The summed E-state index contributed by atoms with van der Waals surface area (Å²) in [7, 11) is 1.71. The second kappa shape index (κ2) is 14.1. The number of amides is 4. The smallest absolute Gasteiger partial charge is 0.246 e. The summed E-state index contributed by atoms with van der Waals surface area (Å²) in [6.07, 6.45) is 6.55. The van der Waals surface area contributed by atoms with Gasteiger partial charge in [-0.3, -0.25) is 19.2 Å². The number of carbonyl (C=O) groups excluding carboxylic acids is 4. The summed E-state index contributed by atoms with van der Waals surface area (Å²) in [5, 5.41) is 11.7. The van der Waals surface area contributed by atoms with Crippen molar-refractivity contribution >= 4 is 23.6 Å². The first-order valence-corrected chi connectivity index (χ1v) is 13.8. The number of nitrogens with one attached hydrogen (secondary N) is 4. The topological polar surface area (TPSA) is 120 Å². The van der Waals surface area contributed by atoms with Crippen molar-refractivity contribution in [2.24, 2.45) is 5.92 Å². The minimum absolute atomic E-state index is 0.0553. The Kier molecular flexibility index (Phi) is 10.9. The molecule has 9 nitrogen and oxygen atoms in total. The Balaban J connectivity index is 1.75. The van der Waals surface area contributed by atoms with Gasteiger partial charge in [0.1, 0.15) is 18.1 Å². The largest absolute Gasteiger partial charge is 0.355 e. The van der Waals surface area contributed by atoms with Gasteiger partial charge in [-0.15, -0.1) is 0 Å². The van der Waals surface area contributed by atoms with Crippen LogP contribution in [0.25, 0.3) is 0 Å². The number of nitrogens with zero attached hydrogens (tertiary/aromatic N) is 1. The second-order valence-electron chi connectivity index (χ2n) is 10.2. The molecule has 0 unspecified atom stereocenters. The van der Waals surface area contributed by atoms with Crippen LogP contribution in [0.1, 0.15) is 64.4 Å². The van der Waals surface area contributed by atoms with Crippen LogP contribution in [0.2, 0.25) is 0 Å². The summed E-state index contributed by atoms with van der Waals surface area (Å²) < 4.78 is 0. The van der Waals surface area contributed by atoms with Crippen LogP contribution in [-0.2, 0) is 25.6 Å². The number of likely N-dealkylation sites (N-methyl/N-ethyl adjacent to an activating group) is 2. The number of hydrogen-bond acceptors (Lipinski definition) is 5. The van der Waals surface area contributed by atoms with Crippen molar-refractivity contribution < 1.29 is 19.2 Å². The van der Waals surface area contributed by atoms with Crippen LogP contribution in [0.3, 0.4) is 0 Å². The van der Waals surface area contributed by atoms with E-state index in [1.54, 1.807) is 18.9 Å². The molecule has 0 aromatic heterocycles. The summed E-state index contributed by atoms with van der Waals surface area (Å²) in [6.45, 7) is 4.52. The number of hydrogen-bond donors (Lipinski definition) is 4. The summed E-state index contributed by atoms with van der Waals surface area (Å²) >= 11 is 0. The third kappa shape index (κ3) is 7.77. The highest BCUT2D eigenvalue weighted by molar-refractivity contribution is 5.95. The van der Waals surface area contributed by atoms with Crippen molar-refractivity contribution in [2.75, 3.05) is 20.1 Å². The molecule has 0 spiro atoms. The van der Waals surface area contributed by atoms with E-state index in [0.717, 1.165) is 37.7 Å². The third-order valence-electron chi connectivity index (χ3n) is 7.62. The number of rotatable bonds is 11. The molecule has 4 atom stereocenters. The maximum atomic E-state index is 13.9. The van der Waals surface area contributed by atoms with E-state index in [1.807, 2.05) is 37.3 Å². The fourth-order valence-corrected chi connectivity index (χ4v) is 5.36. The lowest BCUT2D eigenvalue weighted by Gasteiger charge is -2.35. The summed E-state index contributed by atoms with van der Waals surface area (Å²) in [5.41, 5.74) is 0.942. The van der Waals surface area contributed by atoms with Crippen molar-refractivity contribution in [3.05, 3.63) is 35.9 Å². The quantitative estimate of drug-likeness (QED) is 0.358. The molecule has 2 fully saturated rings. The van der Waals surface area contributed by atoms with Gasteiger partial charge in [0.05, 0.1) is 6.04 Å². The van der Waals surface area contributed by atoms with Crippen LogP contribution in [0, 0.1) is 5.92 Å². The summed E-state index contributed by atoms with van der Waals surface area (Å²) in [5.74, 6) is -0.927. The number of carbonyl (C=O) groups is 4. The Morgan fingerprint density at radius 2 is 1.65 bits per heavy atom. The molecule has 1 heterocycles. The lowest BCUT2D eigenvalue weighted by molar-refractivity contribution is -0.143. The Morgan fingerprint density at radius 1 is 0.946 bits per heavy atom. The first-order valence-electron chi connectivity index (χ1n) is 13.8. The lowest BCUT2D eigenvalue weighted by Crippen LogP contribution is -2.59. The van der Waals surface area contributed by atoms with Gasteiger partial charge in [0.2, 0.25) is 23.6 Å². The van der Waals surface area contributed by atoms with Crippen molar-refractivity contribution in [3.8, 4) is 0 Å². The molecular weight excluding hydrogens is 470 g/mol. The Hall–Kier alpha value is -2.94. The zero-order valence-electron chi connectivity index (χ0n) is 22.4. The molecule has 37 heavy (non-hydrogen) atoms. The minimum Gasteiger partial charge on any atom is -0.355 e. The van der Waals surface area contributed by atoms with Gasteiger partial charge < -0.3 is 26.2 Å². The zero-order chi connectivity index (χ0) is 26.8. The van der Waals surface area contributed by atoms with E-state index in [9.17, 15) is 19.2 Å². The van der Waals surface area contributed by atoms with Gasteiger partial charge in [-0.2, -0.15) is 0 Å². The van der Waals surface area contributed by atoms with Crippen LogP contribution in [0.15, 0.2) is 30.3 Å². The van der Waals surface area contributed by atoms with Gasteiger partial charge in [0.25, 0.3) is 0 Å². The molecule has 2 aliphatic rings. The van der Waals surface area contributed by atoms with Gasteiger partial charge in [0.15, 0.2) is 0 Å². The van der Waals surface area contributed by atoms with Crippen LogP contribution < -0.4 is 21.3 Å². The summed E-state index contributed by atoms with van der Waals surface area (Å²) in [4.78, 5) is 54.5. The van der Waals surface area contributed by atoms with Crippen molar-refractivity contribution in [3.63, 3.8) is 0 Å². The van der Waals surface area contributed by atoms with Gasteiger partial charge in [0, 0.05) is 19.5 Å². The molecule has 0 bridgehead atoms. The van der Waals surface area contributed by atoms with Crippen molar-refractivity contribution in [1.82, 2.24) is 26.2 Å². The molecule has 1 aromatic rings. The monoisotopic (exact) mass is 513 g/mol. The predicted molar refractivity (Wildman–Crippen MR) is 143 cm³/mol. The van der Waals surface area contributed by atoms with E-state index in [1.165, 1.54) is 0 Å². The fourth-order valence-electron chi connectivity index (χ4n) is 5.36. The molecule has 1 saturated carbocycles. The Morgan fingerprint density at radius 3 is 2.30 bits per heavy atom. The summed E-state index contributed by atoms with van der Waals surface area (Å²) in [6, 6.07) is 7.08. The first kappa shape index (κ1) is 28.6. The van der Waals surface area contributed by atoms with E-state index < -0.39 is 24.2 Å².